The van der Waals surface area contributed by atoms with Gasteiger partial charge >= 0.3 is 5.97 Å². The molecule has 1 heterocycles. The van der Waals surface area contributed by atoms with Crippen LogP contribution in [-0.2, 0) is 4.79 Å². The second kappa shape index (κ2) is 5.64. The van der Waals surface area contributed by atoms with E-state index in [4.69, 9.17) is 5.11 Å². The molecule has 0 saturated heterocycles. The zero-order valence-electron chi connectivity index (χ0n) is 9.62. The van der Waals surface area contributed by atoms with Crippen molar-refractivity contribution in [1.29, 1.82) is 0 Å². The fraction of sp³-hybridized carbons (Fsp3) is 0.455. The third-order valence-corrected chi connectivity index (χ3v) is 3.75. The lowest BCUT2D eigenvalue weighted by molar-refractivity contribution is -0.137. The number of rotatable bonds is 5. The number of aliphatic carboxylic acids is 1. The number of nitrogens with one attached hydrogen (secondary N) is 1. The van der Waals surface area contributed by atoms with Gasteiger partial charge in [-0.05, 0) is 42.3 Å². The molecule has 0 aliphatic rings. The monoisotopic (exact) mass is 319 g/mol. The number of carboxylic acid groups (broad SMARTS) is 1. The largest absolute Gasteiger partial charge is 0.481 e. The van der Waals surface area contributed by atoms with Gasteiger partial charge in [0.2, 0.25) is 0 Å². The topological polar surface area (TPSA) is 66.4 Å². The predicted octanol–water partition coefficient (Wildman–Crippen LogP) is 2.88. The maximum Gasteiger partial charge on any atom is 0.303 e. The lowest BCUT2D eigenvalue weighted by Gasteiger charge is -2.25. The maximum atomic E-state index is 11.8. The minimum absolute atomic E-state index is 0.0423. The first-order valence-corrected chi connectivity index (χ1v) is 6.76. The minimum Gasteiger partial charge on any atom is -0.481 e. The summed E-state index contributed by atoms with van der Waals surface area (Å²) in [5.41, 5.74) is 0.0643. The summed E-state index contributed by atoms with van der Waals surface area (Å²) in [6.07, 6.45) is 0.444. The first kappa shape index (κ1) is 14.2. The lowest BCUT2D eigenvalue weighted by Crippen LogP contribution is -2.43. The van der Waals surface area contributed by atoms with Crippen LogP contribution in [0.15, 0.2) is 15.2 Å². The van der Waals surface area contributed by atoms with Crippen molar-refractivity contribution in [3.05, 3.63) is 20.8 Å². The maximum absolute atomic E-state index is 11.8. The standard InChI is InChI=1S/C11H14BrNO3S/c1-11(2,4-3-9(14)15)13-10(16)7-5-8(12)17-6-7/h5-6H,3-4H2,1-2H3,(H,13,16)(H,14,15). The van der Waals surface area contributed by atoms with Gasteiger partial charge in [-0.1, -0.05) is 0 Å². The highest BCUT2D eigenvalue weighted by atomic mass is 79.9. The quantitative estimate of drug-likeness (QED) is 0.877. The fourth-order valence-corrected chi connectivity index (χ4v) is 2.43. The van der Waals surface area contributed by atoms with E-state index in [1.807, 2.05) is 13.8 Å². The molecule has 0 saturated carbocycles. The van der Waals surface area contributed by atoms with Crippen LogP contribution in [0.1, 0.15) is 37.0 Å². The van der Waals surface area contributed by atoms with Gasteiger partial charge in [0, 0.05) is 17.3 Å². The van der Waals surface area contributed by atoms with Crippen molar-refractivity contribution in [2.75, 3.05) is 0 Å². The molecule has 0 bridgehead atoms. The smallest absolute Gasteiger partial charge is 0.303 e. The van der Waals surface area contributed by atoms with E-state index in [-0.39, 0.29) is 12.3 Å². The van der Waals surface area contributed by atoms with Crippen molar-refractivity contribution < 1.29 is 14.7 Å². The number of thiophene rings is 1. The van der Waals surface area contributed by atoms with Crippen LogP contribution in [-0.4, -0.2) is 22.5 Å². The van der Waals surface area contributed by atoms with E-state index < -0.39 is 11.5 Å². The van der Waals surface area contributed by atoms with Crippen molar-refractivity contribution in [3.63, 3.8) is 0 Å². The van der Waals surface area contributed by atoms with Gasteiger partial charge in [-0.25, -0.2) is 0 Å². The van der Waals surface area contributed by atoms with Crippen LogP contribution in [0.4, 0.5) is 0 Å². The van der Waals surface area contributed by atoms with Gasteiger partial charge in [0.15, 0.2) is 0 Å². The number of halogens is 1. The molecule has 17 heavy (non-hydrogen) atoms. The summed E-state index contributed by atoms with van der Waals surface area (Å²) in [6.45, 7) is 3.63. The molecule has 1 rings (SSSR count). The van der Waals surface area contributed by atoms with Crippen LogP contribution in [0.5, 0.6) is 0 Å². The summed E-state index contributed by atoms with van der Waals surface area (Å²) in [5, 5.41) is 13.2. The second-order valence-electron chi connectivity index (χ2n) is 4.37. The average Bonchev–Trinajstić information content (AvgIpc) is 2.61. The third kappa shape index (κ3) is 4.87. The Bertz CT molecular complexity index is 428. The van der Waals surface area contributed by atoms with E-state index in [1.165, 1.54) is 11.3 Å². The molecule has 0 aromatic carbocycles. The Morgan fingerprint density at radius 3 is 2.65 bits per heavy atom. The van der Waals surface area contributed by atoms with E-state index in [1.54, 1.807) is 11.4 Å². The highest BCUT2D eigenvalue weighted by Gasteiger charge is 2.22. The predicted molar refractivity (Wildman–Crippen MR) is 70.4 cm³/mol. The van der Waals surface area contributed by atoms with Crippen molar-refractivity contribution in [3.8, 4) is 0 Å². The minimum atomic E-state index is -0.856. The van der Waals surface area contributed by atoms with E-state index in [0.717, 1.165) is 3.79 Å². The zero-order chi connectivity index (χ0) is 13.1. The summed E-state index contributed by atoms with van der Waals surface area (Å²) in [5.74, 6) is -1.03. The van der Waals surface area contributed by atoms with Gasteiger partial charge in [-0.15, -0.1) is 11.3 Å². The normalized spacial score (nSPS) is 11.2. The molecule has 0 atom stereocenters. The molecule has 0 spiro atoms. The Balaban J connectivity index is 2.58. The Morgan fingerprint density at radius 2 is 2.18 bits per heavy atom. The highest BCUT2D eigenvalue weighted by molar-refractivity contribution is 9.11. The molecule has 0 aliphatic carbocycles. The summed E-state index contributed by atoms with van der Waals surface area (Å²) in [4.78, 5) is 22.3. The first-order valence-electron chi connectivity index (χ1n) is 5.08. The van der Waals surface area contributed by atoms with Crippen molar-refractivity contribution in [2.24, 2.45) is 0 Å². The molecule has 1 aromatic heterocycles. The molecule has 0 aliphatic heterocycles. The third-order valence-electron chi connectivity index (χ3n) is 2.25. The van der Waals surface area contributed by atoms with Crippen molar-refractivity contribution in [2.45, 2.75) is 32.2 Å². The SMILES string of the molecule is CC(C)(CCC(=O)O)NC(=O)c1csc(Br)c1. The number of carboxylic acids is 1. The molecule has 4 nitrogen and oxygen atoms in total. The molecular formula is C11H14BrNO3S. The Kier molecular flexibility index (Phi) is 4.70. The van der Waals surface area contributed by atoms with Crippen LogP contribution in [0.25, 0.3) is 0 Å². The Morgan fingerprint density at radius 1 is 1.53 bits per heavy atom. The van der Waals surface area contributed by atoms with Gasteiger partial charge in [-0.2, -0.15) is 0 Å². The van der Waals surface area contributed by atoms with E-state index in [0.29, 0.717) is 12.0 Å². The molecule has 0 unspecified atom stereocenters. The first-order chi connectivity index (χ1) is 7.80. The number of hydrogen-bond donors (Lipinski definition) is 2. The number of carbonyl (C=O) groups excluding carboxylic acids is 1. The van der Waals surface area contributed by atoms with E-state index in [9.17, 15) is 9.59 Å². The fourth-order valence-electron chi connectivity index (χ4n) is 1.29. The van der Waals surface area contributed by atoms with Crippen molar-refractivity contribution >= 4 is 39.1 Å². The molecule has 1 aromatic rings. The summed E-state index contributed by atoms with van der Waals surface area (Å²) in [6, 6.07) is 1.74. The van der Waals surface area contributed by atoms with Crippen LogP contribution >= 0.6 is 27.3 Å². The average molecular weight is 320 g/mol. The Labute approximate surface area is 112 Å². The van der Waals surface area contributed by atoms with E-state index >= 15 is 0 Å². The Hall–Kier alpha value is -0.880. The second-order valence-corrected chi connectivity index (χ2v) is 6.66. The zero-order valence-corrected chi connectivity index (χ0v) is 12.0. The molecule has 0 radical (unpaired) electrons. The van der Waals surface area contributed by atoms with Gasteiger partial charge in [0.05, 0.1) is 9.35 Å². The number of carbonyl (C=O) groups is 2. The number of amides is 1. The van der Waals surface area contributed by atoms with Crippen LogP contribution in [0.3, 0.4) is 0 Å². The molecule has 94 valence electrons. The van der Waals surface area contributed by atoms with Crippen LogP contribution in [0, 0.1) is 0 Å². The molecule has 1 amide bonds. The van der Waals surface area contributed by atoms with Gasteiger partial charge in [0.1, 0.15) is 0 Å². The molecular weight excluding hydrogens is 306 g/mol. The summed E-state index contributed by atoms with van der Waals surface area (Å²) < 4.78 is 0.894. The molecule has 2 N–H and O–H groups in total. The van der Waals surface area contributed by atoms with Gasteiger partial charge in [-0.3, -0.25) is 9.59 Å². The highest BCUT2D eigenvalue weighted by Crippen LogP contribution is 2.21. The number of hydrogen-bond acceptors (Lipinski definition) is 3. The molecule has 0 fully saturated rings. The summed E-state index contributed by atoms with van der Waals surface area (Å²) >= 11 is 4.73. The lowest BCUT2D eigenvalue weighted by atomic mass is 9.98. The summed E-state index contributed by atoms with van der Waals surface area (Å²) in [7, 11) is 0. The van der Waals surface area contributed by atoms with Gasteiger partial charge in [0.25, 0.3) is 5.91 Å². The molecule has 6 heteroatoms. The van der Waals surface area contributed by atoms with Crippen LogP contribution in [0.2, 0.25) is 0 Å². The van der Waals surface area contributed by atoms with Crippen molar-refractivity contribution in [1.82, 2.24) is 5.32 Å². The van der Waals surface area contributed by atoms with E-state index in [2.05, 4.69) is 21.2 Å². The van der Waals surface area contributed by atoms with Crippen LogP contribution < -0.4 is 5.32 Å². The van der Waals surface area contributed by atoms with Gasteiger partial charge < -0.3 is 10.4 Å².